The predicted octanol–water partition coefficient (Wildman–Crippen LogP) is 4.63. The lowest BCUT2D eigenvalue weighted by molar-refractivity contribution is -0.137. The number of aromatic nitrogens is 4. The van der Waals surface area contributed by atoms with Crippen LogP contribution in [0.1, 0.15) is 25.5 Å². The standard InChI is InChI=1S/C18H16F4N5O/c1-10(2)27-9-11(7-24-27)16-13(18(20,21)22)8-23-17(26-16)25-14-6-12(19)4-5-15(14)28-3/h5-10H,1-3H3,(H,23,25,26). The van der Waals surface area contributed by atoms with Gasteiger partial charge in [0.1, 0.15) is 17.1 Å². The zero-order valence-electron chi connectivity index (χ0n) is 15.2. The molecule has 28 heavy (non-hydrogen) atoms. The van der Waals surface area contributed by atoms with E-state index in [9.17, 15) is 17.6 Å². The molecule has 147 valence electrons. The van der Waals surface area contributed by atoms with Crippen molar-refractivity contribution in [3.05, 3.63) is 48.2 Å². The number of halogens is 4. The van der Waals surface area contributed by atoms with E-state index in [2.05, 4.69) is 26.4 Å². The zero-order chi connectivity index (χ0) is 20.5. The van der Waals surface area contributed by atoms with E-state index >= 15 is 0 Å². The summed E-state index contributed by atoms with van der Waals surface area (Å²) in [5.41, 5.74) is -0.993. The van der Waals surface area contributed by atoms with Crippen molar-refractivity contribution < 1.29 is 22.3 Å². The van der Waals surface area contributed by atoms with Gasteiger partial charge >= 0.3 is 6.18 Å². The fourth-order valence-corrected chi connectivity index (χ4v) is 2.45. The molecule has 0 aliphatic carbocycles. The van der Waals surface area contributed by atoms with Crippen LogP contribution in [0.15, 0.2) is 30.7 Å². The monoisotopic (exact) mass is 394 g/mol. The summed E-state index contributed by atoms with van der Waals surface area (Å²) in [4.78, 5) is 7.71. The average molecular weight is 394 g/mol. The van der Waals surface area contributed by atoms with Crippen LogP contribution in [0.5, 0.6) is 5.75 Å². The van der Waals surface area contributed by atoms with Crippen molar-refractivity contribution in [2.45, 2.75) is 26.1 Å². The van der Waals surface area contributed by atoms with Crippen LogP contribution in [0.3, 0.4) is 0 Å². The summed E-state index contributed by atoms with van der Waals surface area (Å²) in [5, 5.41) is 6.74. The van der Waals surface area contributed by atoms with Crippen molar-refractivity contribution in [2.24, 2.45) is 0 Å². The first-order valence-corrected chi connectivity index (χ1v) is 8.20. The van der Waals surface area contributed by atoms with Crippen molar-refractivity contribution in [3.8, 4) is 17.0 Å². The molecule has 0 spiro atoms. The lowest BCUT2D eigenvalue weighted by Gasteiger charge is -2.14. The molecule has 0 aliphatic rings. The highest BCUT2D eigenvalue weighted by molar-refractivity contribution is 5.67. The van der Waals surface area contributed by atoms with Crippen LogP contribution < -0.4 is 10.1 Å². The molecular formula is C18H16F4N5O. The van der Waals surface area contributed by atoms with E-state index in [0.29, 0.717) is 6.20 Å². The maximum absolute atomic E-state index is 13.5. The van der Waals surface area contributed by atoms with E-state index in [0.717, 1.165) is 6.07 Å². The quantitative estimate of drug-likeness (QED) is 0.639. The van der Waals surface area contributed by atoms with E-state index in [1.807, 2.05) is 13.8 Å². The largest absolute Gasteiger partial charge is 0.495 e. The molecule has 0 unspecified atom stereocenters. The molecule has 0 amide bonds. The minimum Gasteiger partial charge on any atom is -0.495 e. The van der Waals surface area contributed by atoms with Crippen molar-refractivity contribution in [1.29, 1.82) is 0 Å². The Hall–Kier alpha value is -3.17. The number of hydrogen-bond donors (Lipinski definition) is 1. The Morgan fingerprint density at radius 2 is 2.00 bits per heavy atom. The van der Waals surface area contributed by atoms with Gasteiger partial charge in [0.25, 0.3) is 0 Å². The molecule has 1 N–H and O–H groups in total. The number of methoxy groups -OCH3 is 1. The SMILES string of the molecule is COc1c[c]c(F)cc1Nc1ncc(C(F)(F)F)c(-c2cnn(C(C)C)c2)n1. The molecule has 0 saturated carbocycles. The summed E-state index contributed by atoms with van der Waals surface area (Å²) in [7, 11) is 1.37. The minimum absolute atomic E-state index is 0.0321. The number of alkyl halides is 3. The number of nitrogens with zero attached hydrogens (tertiary/aromatic N) is 4. The van der Waals surface area contributed by atoms with Gasteiger partial charge in [-0.2, -0.15) is 18.3 Å². The topological polar surface area (TPSA) is 64.9 Å². The third-order valence-corrected chi connectivity index (χ3v) is 3.84. The second kappa shape index (κ2) is 7.45. The van der Waals surface area contributed by atoms with Crippen LogP contribution >= 0.6 is 0 Å². The molecule has 2 heterocycles. The Morgan fingerprint density at radius 3 is 2.61 bits per heavy atom. The lowest BCUT2D eigenvalue weighted by Crippen LogP contribution is -2.11. The predicted molar refractivity (Wildman–Crippen MR) is 93.7 cm³/mol. The van der Waals surface area contributed by atoms with Crippen LogP contribution in [0.25, 0.3) is 11.3 Å². The van der Waals surface area contributed by atoms with Gasteiger partial charge in [0.2, 0.25) is 5.95 Å². The first kappa shape index (κ1) is 19.6. The van der Waals surface area contributed by atoms with E-state index in [1.54, 1.807) is 0 Å². The summed E-state index contributed by atoms with van der Waals surface area (Å²) in [6, 6.07) is 4.63. The van der Waals surface area contributed by atoms with Gasteiger partial charge < -0.3 is 10.1 Å². The van der Waals surface area contributed by atoms with E-state index in [4.69, 9.17) is 4.74 Å². The summed E-state index contributed by atoms with van der Waals surface area (Å²) < 4.78 is 60.4. The molecule has 0 aliphatic heterocycles. The number of benzene rings is 1. The van der Waals surface area contributed by atoms with Crippen molar-refractivity contribution in [1.82, 2.24) is 19.7 Å². The van der Waals surface area contributed by atoms with Crippen LogP contribution in [-0.2, 0) is 6.18 Å². The normalized spacial score (nSPS) is 11.7. The molecule has 2 aromatic heterocycles. The molecule has 3 aromatic rings. The highest BCUT2D eigenvalue weighted by Gasteiger charge is 2.36. The van der Waals surface area contributed by atoms with Crippen LogP contribution in [0.4, 0.5) is 29.2 Å². The van der Waals surface area contributed by atoms with Gasteiger partial charge in [-0.1, -0.05) is 0 Å². The van der Waals surface area contributed by atoms with Crippen molar-refractivity contribution in [2.75, 3.05) is 12.4 Å². The third kappa shape index (κ3) is 4.05. The molecule has 0 fully saturated rings. The molecule has 3 rings (SSSR count). The highest BCUT2D eigenvalue weighted by atomic mass is 19.4. The average Bonchev–Trinajstić information content (AvgIpc) is 3.11. The van der Waals surface area contributed by atoms with Crippen molar-refractivity contribution >= 4 is 11.6 Å². The molecule has 6 nitrogen and oxygen atoms in total. The lowest BCUT2D eigenvalue weighted by atomic mass is 10.1. The zero-order valence-corrected chi connectivity index (χ0v) is 15.2. The van der Waals surface area contributed by atoms with E-state index < -0.39 is 17.6 Å². The molecule has 10 heteroatoms. The maximum atomic E-state index is 13.5. The summed E-state index contributed by atoms with van der Waals surface area (Å²) in [5.74, 6) is -0.586. The Balaban J connectivity index is 2.06. The van der Waals surface area contributed by atoms with Gasteiger partial charge in [-0.15, -0.1) is 0 Å². The summed E-state index contributed by atoms with van der Waals surface area (Å²) in [6.45, 7) is 3.70. The number of hydrogen-bond acceptors (Lipinski definition) is 5. The minimum atomic E-state index is -4.65. The molecule has 1 aromatic carbocycles. The van der Waals surface area contributed by atoms with Gasteiger partial charge in [0.15, 0.2) is 0 Å². The fraction of sp³-hybridized carbons (Fsp3) is 0.278. The van der Waals surface area contributed by atoms with Gasteiger partial charge in [-0.05, 0) is 19.9 Å². The summed E-state index contributed by atoms with van der Waals surface area (Å²) in [6.07, 6.45) is -1.20. The Bertz CT molecular complexity index is 984. The maximum Gasteiger partial charge on any atom is 0.419 e. The van der Waals surface area contributed by atoms with Gasteiger partial charge in [-0.3, -0.25) is 4.68 Å². The second-order valence-corrected chi connectivity index (χ2v) is 6.14. The van der Waals surface area contributed by atoms with Crippen LogP contribution in [0.2, 0.25) is 0 Å². The number of nitrogens with one attached hydrogen (secondary N) is 1. The van der Waals surface area contributed by atoms with E-state index in [1.165, 1.54) is 30.3 Å². The molecule has 0 bridgehead atoms. The molecule has 1 radical (unpaired) electrons. The molecule has 0 saturated heterocycles. The smallest absolute Gasteiger partial charge is 0.419 e. The van der Waals surface area contributed by atoms with Gasteiger partial charge in [0, 0.05) is 36.1 Å². The number of anilines is 2. The first-order valence-electron chi connectivity index (χ1n) is 8.20. The Kier molecular flexibility index (Phi) is 5.21. The molecule has 0 atom stereocenters. The van der Waals surface area contributed by atoms with Crippen LogP contribution in [-0.4, -0.2) is 26.9 Å². The fourth-order valence-electron chi connectivity index (χ4n) is 2.45. The third-order valence-electron chi connectivity index (χ3n) is 3.84. The Labute approximate surface area is 158 Å². The number of rotatable bonds is 5. The first-order chi connectivity index (χ1) is 13.2. The summed E-state index contributed by atoms with van der Waals surface area (Å²) >= 11 is 0. The molecular weight excluding hydrogens is 378 g/mol. The van der Waals surface area contributed by atoms with E-state index in [-0.39, 0.29) is 34.7 Å². The highest BCUT2D eigenvalue weighted by Crippen LogP contribution is 2.37. The van der Waals surface area contributed by atoms with Gasteiger partial charge in [0.05, 0.1) is 24.7 Å². The second-order valence-electron chi connectivity index (χ2n) is 6.14. The van der Waals surface area contributed by atoms with Crippen molar-refractivity contribution in [3.63, 3.8) is 0 Å². The Morgan fingerprint density at radius 1 is 1.25 bits per heavy atom. The van der Waals surface area contributed by atoms with Crippen LogP contribution in [0, 0.1) is 11.9 Å². The van der Waals surface area contributed by atoms with Gasteiger partial charge in [-0.25, -0.2) is 14.4 Å². The number of ether oxygens (including phenoxy) is 1.